The highest BCUT2D eigenvalue weighted by Gasteiger charge is 2.37. The highest BCUT2D eigenvalue weighted by Crippen LogP contribution is 2.54. The summed E-state index contributed by atoms with van der Waals surface area (Å²) >= 11 is 0. The Kier molecular flexibility index (Phi) is 6.56. The van der Waals surface area contributed by atoms with Crippen LogP contribution in [0.25, 0.3) is 66.1 Å². The van der Waals surface area contributed by atoms with Crippen LogP contribution in [-0.4, -0.2) is 0 Å². The Morgan fingerprint density at radius 2 is 1.06 bits per heavy atom. The lowest BCUT2D eigenvalue weighted by Crippen LogP contribution is -2.17. The van der Waals surface area contributed by atoms with Crippen molar-refractivity contribution in [3.8, 4) is 33.4 Å². The van der Waals surface area contributed by atoms with E-state index in [1.165, 1.54) is 55.3 Å². The van der Waals surface area contributed by atoms with E-state index >= 15 is 0 Å². The largest absolute Gasteiger partial charge is 0.456 e. The van der Waals surface area contributed by atoms with Crippen LogP contribution in [0.4, 0.5) is 17.1 Å². The van der Waals surface area contributed by atoms with Gasteiger partial charge in [0, 0.05) is 39.2 Å². The quantitative estimate of drug-likeness (QED) is 0.184. The first-order valence-corrected chi connectivity index (χ1v) is 17.7. The van der Waals surface area contributed by atoms with Crippen molar-refractivity contribution in [3.05, 3.63) is 187 Å². The lowest BCUT2D eigenvalue weighted by atomic mass is 9.81. The summed E-state index contributed by atoms with van der Waals surface area (Å²) in [5.41, 5.74) is 15.1. The molecule has 1 aliphatic rings. The molecule has 0 unspecified atom stereocenters. The molecule has 51 heavy (non-hydrogen) atoms. The summed E-state index contributed by atoms with van der Waals surface area (Å²) in [6, 6.07) is 63.7. The van der Waals surface area contributed by atoms with Gasteiger partial charge in [-0.3, -0.25) is 0 Å². The minimum absolute atomic E-state index is 0.189. The van der Waals surface area contributed by atoms with Crippen LogP contribution in [0.15, 0.2) is 180 Å². The molecule has 0 N–H and O–H groups in total. The van der Waals surface area contributed by atoms with Gasteiger partial charge in [0.15, 0.2) is 0 Å². The number of nitrogens with zero attached hydrogens (tertiary/aromatic N) is 1. The molecule has 242 valence electrons. The predicted octanol–water partition coefficient (Wildman–Crippen LogP) is 13.8. The molecule has 0 bridgehead atoms. The van der Waals surface area contributed by atoms with Crippen molar-refractivity contribution in [2.24, 2.45) is 0 Å². The van der Waals surface area contributed by atoms with Crippen LogP contribution in [0, 0.1) is 0 Å². The Morgan fingerprint density at radius 1 is 0.431 bits per heavy atom. The Bertz CT molecular complexity index is 2770. The van der Waals surface area contributed by atoms with Crippen molar-refractivity contribution in [1.29, 1.82) is 0 Å². The molecule has 0 spiro atoms. The first-order valence-electron chi connectivity index (χ1n) is 17.7. The molecule has 0 fully saturated rings. The number of rotatable bonds is 5. The summed E-state index contributed by atoms with van der Waals surface area (Å²) in [6.45, 7) is 4.74. The number of anilines is 3. The van der Waals surface area contributed by atoms with Gasteiger partial charge in [0.05, 0.1) is 5.69 Å². The molecule has 0 atom stereocenters. The van der Waals surface area contributed by atoms with Crippen molar-refractivity contribution in [3.63, 3.8) is 0 Å². The van der Waals surface area contributed by atoms with Gasteiger partial charge >= 0.3 is 0 Å². The molecule has 0 saturated heterocycles. The maximum absolute atomic E-state index is 6.48. The summed E-state index contributed by atoms with van der Waals surface area (Å²) in [7, 11) is 0. The Balaban J connectivity index is 1.24. The van der Waals surface area contributed by atoms with Gasteiger partial charge in [0.1, 0.15) is 11.2 Å². The first kappa shape index (κ1) is 29.5. The van der Waals surface area contributed by atoms with E-state index in [9.17, 15) is 0 Å². The van der Waals surface area contributed by atoms with Crippen molar-refractivity contribution in [2.45, 2.75) is 19.3 Å². The fourth-order valence-electron chi connectivity index (χ4n) is 8.32. The van der Waals surface area contributed by atoms with E-state index in [0.717, 1.165) is 39.0 Å². The summed E-state index contributed by atoms with van der Waals surface area (Å²) < 4.78 is 6.48. The van der Waals surface area contributed by atoms with Gasteiger partial charge in [-0.25, -0.2) is 0 Å². The van der Waals surface area contributed by atoms with Crippen molar-refractivity contribution >= 4 is 49.8 Å². The summed E-state index contributed by atoms with van der Waals surface area (Å²) in [5, 5.41) is 4.66. The first-order chi connectivity index (χ1) is 25.0. The zero-order valence-corrected chi connectivity index (χ0v) is 28.6. The summed E-state index contributed by atoms with van der Waals surface area (Å²) in [6.07, 6.45) is 0. The number of fused-ring (bicyclic) bond motifs is 7. The molecular formula is C49H35NO. The molecular weight excluding hydrogens is 619 g/mol. The molecule has 0 amide bonds. The third kappa shape index (κ3) is 4.64. The monoisotopic (exact) mass is 653 g/mol. The lowest BCUT2D eigenvalue weighted by molar-refractivity contribution is 0.660. The second kappa shape index (κ2) is 11.3. The van der Waals surface area contributed by atoms with E-state index in [1.807, 2.05) is 12.1 Å². The Morgan fingerprint density at radius 3 is 1.84 bits per heavy atom. The number of furan rings is 1. The van der Waals surface area contributed by atoms with E-state index in [4.69, 9.17) is 4.42 Å². The van der Waals surface area contributed by atoms with Crippen LogP contribution in [0.5, 0.6) is 0 Å². The second-order valence-corrected chi connectivity index (χ2v) is 14.1. The van der Waals surface area contributed by atoms with E-state index < -0.39 is 0 Å². The number of benzene rings is 8. The minimum atomic E-state index is -0.189. The molecule has 10 rings (SSSR count). The maximum Gasteiger partial charge on any atom is 0.137 e. The molecule has 8 aromatic carbocycles. The molecule has 2 heteroatoms. The van der Waals surface area contributed by atoms with Crippen LogP contribution < -0.4 is 4.90 Å². The van der Waals surface area contributed by atoms with Gasteiger partial charge in [-0.2, -0.15) is 0 Å². The van der Waals surface area contributed by atoms with Crippen LogP contribution in [-0.2, 0) is 5.41 Å². The highest BCUT2D eigenvalue weighted by atomic mass is 16.3. The summed E-state index contributed by atoms with van der Waals surface area (Å²) in [5.74, 6) is 0. The fraction of sp³-hybridized carbons (Fsp3) is 0.0612. The van der Waals surface area contributed by atoms with Crippen molar-refractivity contribution in [2.75, 3.05) is 4.90 Å². The molecule has 1 aliphatic carbocycles. The number of hydrogen-bond donors (Lipinski definition) is 0. The van der Waals surface area contributed by atoms with Crippen LogP contribution >= 0.6 is 0 Å². The van der Waals surface area contributed by atoms with E-state index in [2.05, 4.69) is 183 Å². The Hall–Kier alpha value is -6.38. The molecule has 9 aromatic rings. The average Bonchev–Trinajstić information content (AvgIpc) is 3.66. The van der Waals surface area contributed by atoms with Gasteiger partial charge in [0.2, 0.25) is 0 Å². The van der Waals surface area contributed by atoms with E-state index in [-0.39, 0.29) is 5.41 Å². The summed E-state index contributed by atoms with van der Waals surface area (Å²) in [4.78, 5) is 2.43. The fourth-order valence-corrected chi connectivity index (χ4v) is 8.32. The Labute approximate surface area is 297 Å². The average molecular weight is 654 g/mol. The highest BCUT2D eigenvalue weighted by molar-refractivity contribution is 6.07. The van der Waals surface area contributed by atoms with Crippen LogP contribution in [0.1, 0.15) is 25.0 Å². The van der Waals surface area contributed by atoms with Gasteiger partial charge in [-0.1, -0.05) is 141 Å². The maximum atomic E-state index is 6.48. The minimum Gasteiger partial charge on any atom is -0.456 e. The van der Waals surface area contributed by atoms with Gasteiger partial charge in [0.25, 0.3) is 0 Å². The van der Waals surface area contributed by atoms with Gasteiger partial charge in [-0.15, -0.1) is 0 Å². The smallest absolute Gasteiger partial charge is 0.137 e. The number of para-hydroxylation sites is 1. The lowest BCUT2D eigenvalue weighted by Gasteiger charge is -2.30. The molecule has 0 radical (unpaired) electrons. The normalized spacial score (nSPS) is 13.1. The molecule has 1 heterocycles. The third-order valence-corrected chi connectivity index (χ3v) is 10.8. The second-order valence-electron chi connectivity index (χ2n) is 14.1. The van der Waals surface area contributed by atoms with E-state index in [1.54, 1.807) is 0 Å². The molecule has 0 aliphatic heterocycles. The van der Waals surface area contributed by atoms with Crippen molar-refractivity contribution < 1.29 is 4.42 Å². The topological polar surface area (TPSA) is 16.4 Å². The molecule has 0 saturated carbocycles. The molecule has 1 aromatic heterocycles. The standard InChI is InChI=1S/C49H35NO/c1-49(2)43-22-13-21-38(32-14-5-3-6-15-32)48(43)41-27-25-36(30-44(41)49)50(37-24-26-40-39-20-11-12-23-46(39)51-47(40)31-37)45-29-35-19-10-9-18-34(35)28-42(45)33-16-7-4-8-17-33/h3-31H,1-2H3. The third-order valence-electron chi connectivity index (χ3n) is 10.8. The predicted molar refractivity (Wildman–Crippen MR) is 214 cm³/mol. The zero-order chi connectivity index (χ0) is 34.1. The molecule has 2 nitrogen and oxygen atoms in total. The van der Waals surface area contributed by atoms with Crippen LogP contribution in [0.2, 0.25) is 0 Å². The van der Waals surface area contributed by atoms with Gasteiger partial charge < -0.3 is 9.32 Å². The van der Waals surface area contributed by atoms with E-state index in [0.29, 0.717) is 0 Å². The SMILES string of the molecule is CC1(C)c2cc(N(c3ccc4c(c3)oc3ccccc34)c3cc4ccccc4cc3-c3ccccc3)ccc2-c2c(-c3ccccc3)cccc21. The van der Waals surface area contributed by atoms with Crippen molar-refractivity contribution in [1.82, 2.24) is 0 Å². The van der Waals surface area contributed by atoms with Gasteiger partial charge in [-0.05, 0) is 92.2 Å². The van der Waals surface area contributed by atoms with Crippen LogP contribution in [0.3, 0.4) is 0 Å². The zero-order valence-electron chi connectivity index (χ0n) is 28.6. The number of hydrogen-bond acceptors (Lipinski definition) is 2.